The molecule has 0 spiro atoms. The zero-order valence-corrected chi connectivity index (χ0v) is 14.8. The van der Waals surface area contributed by atoms with Gasteiger partial charge in [0, 0.05) is 36.6 Å². The van der Waals surface area contributed by atoms with E-state index in [0.717, 1.165) is 0 Å². The lowest BCUT2D eigenvalue weighted by atomic mass is 9.76. The highest BCUT2D eigenvalue weighted by atomic mass is 16.5. The third-order valence-corrected chi connectivity index (χ3v) is 5.35. The first-order valence-electron chi connectivity index (χ1n) is 8.48. The van der Waals surface area contributed by atoms with Crippen molar-refractivity contribution in [3.05, 3.63) is 51.6 Å². The Hall–Kier alpha value is -2.90. The number of aliphatic hydroxyl groups is 1. The average Bonchev–Trinajstić information content (AvgIpc) is 2.67. The predicted molar refractivity (Wildman–Crippen MR) is 93.7 cm³/mol. The van der Waals surface area contributed by atoms with Crippen molar-refractivity contribution in [1.29, 1.82) is 0 Å². The zero-order chi connectivity index (χ0) is 19.5. The smallest absolute Gasteiger partial charge is 0.202 e. The molecule has 0 bridgehead atoms. The van der Waals surface area contributed by atoms with Gasteiger partial charge in [-0.1, -0.05) is 12.1 Å². The number of aliphatic hydroxyl groups excluding tert-OH is 1. The van der Waals surface area contributed by atoms with E-state index in [1.54, 1.807) is 12.1 Å². The maximum absolute atomic E-state index is 13.1. The molecular weight excluding hydrogens is 352 g/mol. The molecule has 0 fully saturated rings. The van der Waals surface area contributed by atoms with Gasteiger partial charge in [0.1, 0.15) is 17.2 Å². The normalized spacial score (nSPS) is 20.7. The molecule has 0 saturated carbocycles. The first-order valence-corrected chi connectivity index (χ1v) is 8.48. The number of fused-ring (bicyclic) bond motifs is 3. The Labute approximate surface area is 154 Å². The first-order chi connectivity index (χ1) is 12.9. The molecule has 0 saturated heterocycles. The fourth-order valence-corrected chi connectivity index (χ4v) is 4.04. The highest BCUT2D eigenvalue weighted by molar-refractivity contribution is 6.31. The molecule has 0 radical (unpaired) electrons. The molecule has 7 heteroatoms. The maximum atomic E-state index is 13.1. The molecule has 4 rings (SSSR count). The van der Waals surface area contributed by atoms with E-state index in [2.05, 4.69) is 0 Å². The summed E-state index contributed by atoms with van der Waals surface area (Å²) < 4.78 is 10.5. The predicted octanol–water partition coefficient (Wildman–Crippen LogP) is 1.88. The van der Waals surface area contributed by atoms with Crippen LogP contribution in [-0.4, -0.2) is 47.2 Å². The van der Waals surface area contributed by atoms with Crippen LogP contribution in [0.15, 0.2) is 18.2 Å². The van der Waals surface area contributed by atoms with E-state index in [-0.39, 0.29) is 58.1 Å². The van der Waals surface area contributed by atoms with Crippen LogP contribution in [0.5, 0.6) is 17.2 Å². The second-order valence-electron chi connectivity index (χ2n) is 6.69. The second kappa shape index (κ2) is 6.07. The van der Waals surface area contributed by atoms with Gasteiger partial charge in [0.2, 0.25) is 5.78 Å². The SMILES string of the molecule is COc1cccc2c1C(=O)c1c(O)c3c(c(O)c1C2=O)C[C@H](OC)C[C@@H]3O. The first kappa shape index (κ1) is 17.5. The Bertz CT molecular complexity index is 993. The van der Waals surface area contributed by atoms with Crippen LogP contribution in [0, 0.1) is 0 Å². The number of phenols is 2. The van der Waals surface area contributed by atoms with E-state index in [4.69, 9.17) is 9.47 Å². The largest absolute Gasteiger partial charge is 0.507 e. The third-order valence-electron chi connectivity index (χ3n) is 5.35. The summed E-state index contributed by atoms with van der Waals surface area (Å²) >= 11 is 0. The van der Waals surface area contributed by atoms with Crippen LogP contribution in [0.25, 0.3) is 0 Å². The molecule has 2 aliphatic carbocycles. The minimum atomic E-state index is -1.13. The quantitative estimate of drug-likeness (QED) is 0.590. The topological polar surface area (TPSA) is 113 Å². The molecule has 2 atom stereocenters. The molecule has 27 heavy (non-hydrogen) atoms. The summed E-state index contributed by atoms with van der Waals surface area (Å²) in [5, 5.41) is 32.0. The fraction of sp³-hybridized carbons (Fsp3) is 0.300. The van der Waals surface area contributed by atoms with Crippen LogP contribution >= 0.6 is 0 Å². The number of hydrogen-bond donors (Lipinski definition) is 3. The third kappa shape index (κ3) is 2.28. The van der Waals surface area contributed by atoms with Gasteiger partial charge in [-0.15, -0.1) is 0 Å². The van der Waals surface area contributed by atoms with Gasteiger partial charge in [0.05, 0.1) is 36.0 Å². The summed E-state index contributed by atoms with van der Waals surface area (Å²) in [7, 11) is 2.86. The van der Waals surface area contributed by atoms with Crippen molar-refractivity contribution in [1.82, 2.24) is 0 Å². The van der Waals surface area contributed by atoms with Crippen molar-refractivity contribution in [2.45, 2.75) is 25.0 Å². The molecule has 2 aliphatic rings. The number of ketones is 2. The van der Waals surface area contributed by atoms with Crippen LogP contribution in [0.3, 0.4) is 0 Å². The number of rotatable bonds is 2. The Morgan fingerprint density at radius 3 is 2.37 bits per heavy atom. The molecular formula is C20H18O7. The average molecular weight is 370 g/mol. The van der Waals surface area contributed by atoms with E-state index in [1.807, 2.05) is 0 Å². The zero-order valence-electron chi connectivity index (χ0n) is 14.8. The van der Waals surface area contributed by atoms with E-state index >= 15 is 0 Å². The minimum absolute atomic E-state index is 0.0345. The number of methoxy groups -OCH3 is 2. The van der Waals surface area contributed by atoms with Gasteiger partial charge in [0.15, 0.2) is 5.78 Å². The molecule has 3 N–H and O–H groups in total. The lowest BCUT2D eigenvalue weighted by molar-refractivity contribution is 0.0327. The van der Waals surface area contributed by atoms with Crippen molar-refractivity contribution in [3.63, 3.8) is 0 Å². The van der Waals surface area contributed by atoms with Crippen LogP contribution in [0.4, 0.5) is 0 Å². The van der Waals surface area contributed by atoms with Crippen molar-refractivity contribution in [3.8, 4) is 17.2 Å². The Morgan fingerprint density at radius 2 is 1.70 bits per heavy atom. The van der Waals surface area contributed by atoms with Crippen LogP contribution in [0.2, 0.25) is 0 Å². The van der Waals surface area contributed by atoms with Crippen LogP contribution in [0.1, 0.15) is 55.5 Å². The highest BCUT2D eigenvalue weighted by Crippen LogP contribution is 2.49. The van der Waals surface area contributed by atoms with Crippen molar-refractivity contribution in [2.24, 2.45) is 0 Å². The molecule has 0 aliphatic heterocycles. The molecule has 0 amide bonds. The second-order valence-corrected chi connectivity index (χ2v) is 6.69. The molecule has 0 unspecified atom stereocenters. The number of ether oxygens (including phenoxy) is 2. The van der Waals surface area contributed by atoms with Crippen LogP contribution in [-0.2, 0) is 11.2 Å². The fourth-order valence-electron chi connectivity index (χ4n) is 4.04. The van der Waals surface area contributed by atoms with Crippen molar-refractivity contribution >= 4 is 11.6 Å². The number of hydrogen-bond acceptors (Lipinski definition) is 7. The van der Waals surface area contributed by atoms with Crippen molar-refractivity contribution < 1.29 is 34.4 Å². The standard InChI is InChI=1S/C20H18O7/c1-26-8-6-10-13(11(21)7-8)19(24)16-15(18(10)23)17(22)9-4-3-5-12(27-2)14(9)20(16)25/h3-5,8,11,21,23-24H,6-7H2,1-2H3/t8-,11-/m0/s1. The summed E-state index contributed by atoms with van der Waals surface area (Å²) in [5.74, 6) is -1.88. The summed E-state index contributed by atoms with van der Waals surface area (Å²) in [4.78, 5) is 26.2. The van der Waals surface area contributed by atoms with Gasteiger partial charge < -0.3 is 24.8 Å². The molecule has 2 aromatic rings. The Morgan fingerprint density at radius 1 is 1.00 bits per heavy atom. The summed E-state index contributed by atoms with van der Waals surface area (Å²) in [6.45, 7) is 0. The van der Waals surface area contributed by atoms with Gasteiger partial charge >= 0.3 is 0 Å². The number of carbonyl (C=O) groups excluding carboxylic acids is 2. The number of aromatic hydroxyl groups is 2. The van der Waals surface area contributed by atoms with Gasteiger partial charge in [0.25, 0.3) is 0 Å². The highest BCUT2D eigenvalue weighted by Gasteiger charge is 2.42. The van der Waals surface area contributed by atoms with E-state index in [9.17, 15) is 24.9 Å². The van der Waals surface area contributed by atoms with E-state index in [1.165, 1.54) is 20.3 Å². The van der Waals surface area contributed by atoms with Crippen LogP contribution < -0.4 is 4.74 Å². The molecule has 2 aromatic carbocycles. The molecule has 0 heterocycles. The molecule has 140 valence electrons. The number of phenolic OH excluding ortho intramolecular Hbond substituents is 2. The molecule has 7 nitrogen and oxygen atoms in total. The summed E-state index contributed by atoms with van der Waals surface area (Å²) in [6.07, 6.45) is -1.09. The number of benzene rings is 2. The Kier molecular flexibility index (Phi) is 3.94. The van der Waals surface area contributed by atoms with Gasteiger partial charge in [-0.05, 0) is 6.07 Å². The summed E-state index contributed by atoms with van der Waals surface area (Å²) in [6, 6.07) is 4.60. The van der Waals surface area contributed by atoms with Gasteiger partial charge in [-0.25, -0.2) is 0 Å². The van der Waals surface area contributed by atoms with Gasteiger partial charge in [-0.2, -0.15) is 0 Å². The van der Waals surface area contributed by atoms with Crippen molar-refractivity contribution in [2.75, 3.05) is 14.2 Å². The monoisotopic (exact) mass is 370 g/mol. The number of carbonyl (C=O) groups is 2. The summed E-state index contributed by atoms with van der Waals surface area (Å²) in [5.41, 5.74) is -0.124. The minimum Gasteiger partial charge on any atom is -0.507 e. The van der Waals surface area contributed by atoms with E-state index < -0.39 is 29.2 Å². The molecule has 0 aromatic heterocycles. The lowest BCUT2D eigenvalue weighted by Crippen LogP contribution is -2.28. The Balaban J connectivity index is 2.03. The maximum Gasteiger partial charge on any atom is 0.202 e. The van der Waals surface area contributed by atoms with E-state index in [0.29, 0.717) is 0 Å². The lowest BCUT2D eigenvalue weighted by Gasteiger charge is -2.32. The van der Waals surface area contributed by atoms with Gasteiger partial charge in [-0.3, -0.25) is 9.59 Å².